The van der Waals surface area contributed by atoms with Crippen LogP contribution in [-0.2, 0) is 30.9 Å². The standard InChI is InChI=1S/C21H26N6O.HI/c1-22-21(23-12-16-8-5-7-15-6-3-4-9-18(15)16)24-17-10-11-20-25-19(14-28-2)26-27(20)13-17;/h3-9,17H,10-14H2,1-2H3,(H2,22,23,24);1H. The monoisotopic (exact) mass is 506 g/mol. The molecule has 0 aliphatic carbocycles. The Balaban J connectivity index is 0.00000240. The van der Waals surface area contributed by atoms with E-state index < -0.39 is 0 Å². The summed E-state index contributed by atoms with van der Waals surface area (Å²) in [4.78, 5) is 8.93. The van der Waals surface area contributed by atoms with E-state index in [0.29, 0.717) is 6.61 Å². The number of aryl methyl sites for hydroxylation is 1. The predicted molar refractivity (Wildman–Crippen MR) is 126 cm³/mol. The van der Waals surface area contributed by atoms with Crippen LogP contribution >= 0.6 is 24.0 Å². The molecule has 154 valence electrons. The second-order valence-corrected chi connectivity index (χ2v) is 7.00. The number of methoxy groups -OCH3 is 1. The average Bonchev–Trinajstić information content (AvgIpc) is 3.13. The maximum atomic E-state index is 5.14. The normalized spacial score (nSPS) is 16.2. The smallest absolute Gasteiger partial charge is 0.191 e. The minimum Gasteiger partial charge on any atom is -0.377 e. The minimum absolute atomic E-state index is 0. The fourth-order valence-electron chi connectivity index (χ4n) is 3.68. The minimum atomic E-state index is 0. The third-order valence-electron chi connectivity index (χ3n) is 5.07. The van der Waals surface area contributed by atoms with Crippen molar-refractivity contribution in [3.8, 4) is 0 Å². The van der Waals surface area contributed by atoms with Gasteiger partial charge in [-0.15, -0.1) is 24.0 Å². The van der Waals surface area contributed by atoms with Gasteiger partial charge in [0.2, 0.25) is 0 Å². The lowest BCUT2D eigenvalue weighted by Crippen LogP contribution is -2.46. The number of hydrogen-bond donors (Lipinski definition) is 2. The molecular weight excluding hydrogens is 479 g/mol. The maximum Gasteiger partial charge on any atom is 0.191 e. The van der Waals surface area contributed by atoms with Gasteiger partial charge in [-0.25, -0.2) is 9.67 Å². The van der Waals surface area contributed by atoms with Crippen molar-refractivity contribution in [2.45, 2.75) is 38.6 Å². The molecular formula is C21H27IN6O. The van der Waals surface area contributed by atoms with E-state index in [9.17, 15) is 0 Å². The van der Waals surface area contributed by atoms with Gasteiger partial charge in [-0.1, -0.05) is 42.5 Å². The maximum absolute atomic E-state index is 5.14. The number of hydrogen-bond acceptors (Lipinski definition) is 4. The molecule has 0 bridgehead atoms. The van der Waals surface area contributed by atoms with Gasteiger partial charge in [-0.2, -0.15) is 5.10 Å². The molecule has 0 amide bonds. The molecule has 1 aromatic heterocycles. The highest BCUT2D eigenvalue weighted by Gasteiger charge is 2.22. The Bertz CT molecular complexity index is 981. The van der Waals surface area contributed by atoms with E-state index in [4.69, 9.17) is 4.74 Å². The molecule has 0 saturated heterocycles. The number of halogens is 1. The molecule has 3 aromatic rings. The quantitative estimate of drug-likeness (QED) is 0.316. The topological polar surface area (TPSA) is 76.4 Å². The summed E-state index contributed by atoms with van der Waals surface area (Å²) in [6.07, 6.45) is 1.90. The van der Waals surface area contributed by atoms with E-state index in [1.165, 1.54) is 16.3 Å². The summed E-state index contributed by atoms with van der Waals surface area (Å²) in [7, 11) is 3.47. The Labute approximate surface area is 188 Å². The zero-order valence-corrected chi connectivity index (χ0v) is 19.1. The first kappa shape index (κ1) is 21.5. The third kappa shape index (κ3) is 5.05. The second kappa shape index (κ2) is 10.0. The summed E-state index contributed by atoms with van der Waals surface area (Å²) in [6.45, 7) is 1.95. The van der Waals surface area contributed by atoms with E-state index in [0.717, 1.165) is 43.5 Å². The Morgan fingerprint density at radius 2 is 2.07 bits per heavy atom. The lowest BCUT2D eigenvalue weighted by molar-refractivity contribution is 0.177. The van der Waals surface area contributed by atoms with E-state index in [2.05, 4.69) is 68.2 Å². The van der Waals surface area contributed by atoms with Crippen LogP contribution in [0.2, 0.25) is 0 Å². The van der Waals surface area contributed by atoms with Gasteiger partial charge in [0.05, 0.1) is 6.54 Å². The zero-order valence-electron chi connectivity index (χ0n) is 16.8. The molecule has 2 aromatic carbocycles. The number of ether oxygens (including phenoxy) is 1. The Morgan fingerprint density at radius 1 is 1.24 bits per heavy atom. The average molecular weight is 506 g/mol. The number of nitrogens with one attached hydrogen (secondary N) is 2. The van der Waals surface area contributed by atoms with Crippen molar-refractivity contribution in [2.75, 3.05) is 14.2 Å². The number of aromatic nitrogens is 3. The number of rotatable bonds is 5. The number of guanidine groups is 1. The Kier molecular flexibility index (Phi) is 7.43. The first-order chi connectivity index (χ1) is 13.8. The lowest BCUT2D eigenvalue weighted by Gasteiger charge is -2.25. The van der Waals surface area contributed by atoms with Crippen LogP contribution in [0.3, 0.4) is 0 Å². The molecule has 4 rings (SSSR count). The highest BCUT2D eigenvalue weighted by molar-refractivity contribution is 14.0. The summed E-state index contributed by atoms with van der Waals surface area (Å²) in [6, 6.07) is 15.1. The van der Waals surface area contributed by atoms with Crippen molar-refractivity contribution >= 4 is 40.7 Å². The van der Waals surface area contributed by atoms with E-state index >= 15 is 0 Å². The molecule has 7 nitrogen and oxygen atoms in total. The van der Waals surface area contributed by atoms with Gasteiger partial charge in [-0.3, -0.25) is 4.99 Å². The summed E-state index contributed by atoms with van der Waals surface area (Å²) in [5.41, 5.74) is 1.26. The first-order valence-electron chi connectivity index (χ1n) is 9.62. The molecule has 8 heteroatoms. The largest absolute Gasteiger partial charge is 0.377 e. The van der Waals surface area contributed by atoms with E-state index in [1.54, 1.807) is 14.2 Å². The van der Waals surface area contributed by atoms with Crippen LogP contribution < -0.4 is 10.6 Å². The molecule has 0 spiro atoms. The molecule has 2 N–H and O–H groups in total. The molecule has 1 unspecified atom stereocenters. The summed E-state index contributed by atoms with van der Waals surface area (Å²) in [5.74, 6) is 2.58. The second-order valence-electron chi connectivity index (χ2n) is 7.00. The number of nitrogens with zero attached hydrogens (tertiary/aromatic N) is 4. The van der Waals surface area contributed by atoms with Crippen LogP contribution in [0.1, 0.15) is 23.6 Å². The van der Waals surface area contributed by atoms with Crippen LogP contribution in [0.25, 0.3) is 10.8 Å². The highest BCUT2D eigenvalue weighted by Crippen LogP contribution is 2.18. The fraction of sp³-hybridized carbons (Fsp3) is 0.381. The zero-order chi connectivity index (χ0) is 19.3. The van der Waals surface area contributed by atoms with E-state index in [-0.39, 0.29) is 30.0 Å². The molecule has 1 aliphatic rings. The van der Waals surface area contributed by atoms with Crippen LogP contribution in [0, 0.1) is 0 Å². The highest BCUT2D eigenvalue weighted by atomic mass is 127. The molecule has 0 radical (unpaired) electrons. The molecule has 0 fully saturated rings. The molecule has 2 heterocycles. The SMILES string of the molecule is CN=C(NCc1cccc2ccccc12)NC1CCc2nc(COC)nn2C1.I. The molecule has 0 saturated carbocycles. The third-order valence-corrected chi connectivity index (χ3v) is 5.07. The number of fused-ring (bicyclic) bond motifs is 2. The van der Waals surface area contributed by atoms with Gasteiger partial charge in [-0.05, 0) is 22.8 Å². The summed E-state index contributed by atoms with van der Waals surface area (Å²) < 4.78 is 7.12. The Morgan fingerprint density at radius 3 is 2.90 bits per heavy atom. The van der Waals surface area contributed by atoms with Crippen molar-refractivity contribution < 1.29 is 4.74 Å². The predicted octanol–water partition coefficient (Wildman–Crippen LogP) is 2.88. The van der Waals surface area contributed by atoms with Gasteiger partial charge in [0.1, 0.15) is 12.4 Å². The van der Waals surface area contributed by atoms with E-state index in [1.807, 2.05) is 4.68 Å². The van der Waals surface area contributed by atoms with Crippen LogP contribution in [0.15, 0.2) is 47.5 Å². The Hall–Kier alpha value is -2.20. The van der Waals surface area contributed by atoms with Crippen molar-refractivity contribution in [1.82, 2.24) is 25.4 Å². The van der Waals surface area contributed by atoms with Crippen molar-refractivity contribution in [3.63, 3.8) is 0 Å². The van der Waals surface area contributed by atoms with Gasteiger partial charge in [0, 0.05) is 33.2 Å². The van der Waals surface area contributed by atoms with Crippen molar-refractivity contribution in [3.05, 3.63) is 59.7 Å². The van der Waals surface area contributed by atoms with Crippen LogP contribution in [0.4, 0.5) is 0 Å². The molecule has 1 aliphatic heterocycles. The van der Waals surface area contributed by atoms with Gasteiger partial charge in [0.15, 0.2) is 11.8 Å². The van der Waals surface area contributed by atoms with Gasteiger partial charge >= 0.3 is 0 Å². The first-order valence-corrected chi connectivity index (χ1v) is 9.62. The molecule has 1 atom stereocenters. The lowest BCUT2D eigenvalue weighted by atomic mass is 10.0. The fourth-order valence-corrected chi connectivity index (χ4v) is 3.68. The summed E-state index contributed by atoms with van der Waals surface area (Å²) >= 11 is 0. The van der Waals surface area contributed by atoms with Crippen molar-refractivity contribution in [1.29, 1.82) is 0 Å². The number of benzene rings is 2. The summed E-state index contributed by atoms with van der Waals surface area (Å²) in [5, 5.41) is 14.0. The molecule has 29 heavy (non-hydrogen) atoms. The van der Waals surface area contributed by atoms with Gasteiger partial charge in [0.25, 0.3) is 0 Å². The van der Waals surface area contributed by atoms with Gasteiger partial charge < -0.3 is 15.4 Å². The van der Waals surface area contributed by atoms with Crippen LogP contribution in [0.5, 0.6) is 0 Å². The number of aliphatic imine (C=N–C) groups is 1. The van der Waals surface area contributed by atoms with Crippen molar-refractivity contribution in [2.24, 2.45) is 4.99 Å². The van der Waals surface area contributed by atoms with Crippen LogP contribution in [-0.4, -0.2) is 40.9 Å².